The third-order valence-electron chi connectivity index (χ3n) is 3.97. The number of amidine groups is 2. The number of fused-ring (bicyclic) bond motifs is 2. The van der Waals surface area contributed by atoms with Crippen LogP contribution in [-0.2, 0) is 0 Å². The molecule has 4 N–H and O–H groups in total. The molecule has 0 fully saturated rings. The number of aliphatic imine (C=N–C) groups is 2. The van der Waals surface area contributed by atoms with Gasteiger partial charge in [-0.15, -0.1) is 0 Å². The van der Waals surface area contributed by atoms with Gasteiger partial charge in [0.1, 0.15) is 16.7 Å². The van der Waals surface area contributed by atoms with Gasteiger partial charge in [0.25, 0.3) is 11.8 Å². The molecule has 29 heavy (non-hydrogen) atoms. The van der Waals surface area contributed by atoms with Crippen LogP contribution in [0.3, 0.4) is 0 Å². The Bertz CT molecular complexity index is 1160. The fraction of sp³-hybridized carbons (Fsp3) is 0.0588. The van der Waals surface area contributed by atoms with Crippen molar-refractivity contribution in [1.29, 1.82) is 0 Å². The molecule has 4 rings (SSSR count). The number of hydrogen-bond donors (Lipinski definition) is 2. The number of hydrogen-bond acceptors (Lipinski definition) is 5. The number of carbonyl (C=O) groups is 2. The summed E-state index contributed by atoms with van der Waals surface area (Å²) in [6.07, 6.45) is 0. The van der Waals surface area contributed by atoms with Crippen LogP contribution in [0.1, 0.15) is 31.8 Å². The summed E-state index contributed by atoms with van der Waals surface area (Å²) in [6, 6.07) is 3.02. The van der Waals surface area contributed by atoms with Gasteiger partial charge in [0, 0.05) is 5.56 Å². The van der Waals surface area contributed by atoms with Crippen molar-refractivity contribution >= 4 is 81.5 Å². The highest BCUT2D eigenvalue weighted by molar-refractivity contribution is 6.49. The molecule has 0 bridgehead atoms. The van der Waals surface area contributed by atoms with Crippen LogP contribution < -0.4 is 16.2 Å². The molecule has 0 spiro atoms. The molecule has 2 aromatic carbocycles. The first kappa shape index (κ1) is 21.7. The maximum absolute atomic E-state index is 11.5. The van der Waals surface area contributed by atoms with E-state index in [0.29, 0.717) is 21.2 Å². The van der Waals surface area contributed by atoms with E-state index in [1.54, 1.807) is 6.07 Å². The van der Waals surface area contributed by atoms with Crippen molar-refractivity contribution in [2.24, 2.45) is 21.5 Å². The predicted molar refractivity (Wildman–Crippen MR) is 115 cm³/mol. The Morgan fingerprint density at radius 3 is 1.90 bits per heavy atom. The molecule has 2 heterocycles. The minimum atomic E-state index is -0.547. The lowest BCUT2D eigenvalue weighted by atomic mass is 10.1. The molecule has 0 atom stereocenters. The molecule has 2 aromatic rings. The largest absolute Gasteiger partial charge is 0.494 e. The Balaban J connectivity index is 0.000000169. The van der Waals surface area contributed by atoms with Gasteiger partial charge in [-0.25, -0.2) is 0 Å². The Morgan fingerprint density at radius 2 is 1.31 bits per heavy atom. The Kier molecular flexibility index (Phi) is 5.98. The second kappa shape index (κ2) is 8.01. The minimum Gasteiger partial charge on any atom is -0.494 e. The molecule has 150 valence electrons. The van der Waals surface area contributed by atoms with Gasteiger partial charge in [0.15, 0.2) is 5.75 Å². The van der Waals surface area contributed by atoms with Crippen LogP contribution in [0, 0.1) is 0 Å². The highest BCUT2D eigenvalue weighted by atomic mass is 35.5. The Morgan fingerprint density at radius 1 is 0.759 bits per heavy atom. The number of ether oxygens (including phenoxy) is 1. The van der Waals surface area contributed by atoms with E-state index in [1.165, 1.54) is 13.2 Å². The van der Waals surface area contributed by atoms with Gasteiger partial charge in [0.05, 0.1) is 43.9 Å². The molecule has 12 heteroatoms. The first-order valence-electron chi connectivity index (χ1n) is 7.59. The van der Waals surface area contributed by atoms with Crippen LogP contribution in [0.15, 0.2) is 22.1 Å². The van der Waals surface area contributed by atoms with Crippen molar-refractivity contribution in [3.63, 3.8) is 0 Å². The highest BCUT2D eigenvalue weighted by Gasteiger charge is 2.32. The third-order valence-corrected chi connectivity index (χ3v) is 5.88. The molecule has 2 aliphatic heterocycles. The summed E-state index contributed by atoms with van der Waals surface area (Å²) >= 11 is 29.4. The molecule has 2 amide bonds. The van der Waals surface area contributed by atoms with Crippen LogP contribution in [0.5, 0.6) is 5.75 Å². The van der Waals surface area contributed by atoms with Gasteiger partial charge in [0.2, 0.25) is 0 Å². The summed E-state index contributed by atoms with van der Waals surface area (Å²) < 4.78 is 4.97. The molecule has 0 aromatic heterocycles. The topological polar surface area (TPSA) is 120 Å². The second-order valence-electron chi connectivity index (χ2n) is 5.64. The van der Waals surface area contributed by atoms with Crippen LogP contribution >= 0.6 is 58.0 Å². The van der Waals surface area contributed by atoms with Gasteiger partial charge >= 0.3 is 0 Å². The molecule has 2 aliphatic rings. The number of rotatable bonds is 1. The Hall–Kier alpha value is -2.03. The van der Waals surface area contributed by atoms with E-state index >= 15 is 0 Å². The number of amides is 2. The van der Waals surface area contributed by atoms with Gasteiger partial charge in [-0.2, -0.15) is 9.98 Å². The lowest BCUT2D eigenvalue weighted by Gasteiger charge is -2.11. The Labute approximate surface area is 189 Å². The number of nitrogens with two attached hydrogens (primary N) is 2. The number of methoxy groups -OCH3 is 1. The second-order valence-corrected chi connectivity index (χ2v) is 7.59. The number of benzene rings is 2. The van der Waals surface area contributed by atoms with Crippen molar-refractivity contribution in [1.82, 2.24) is 0 Å². The summed E-state index contributed by atoms with van der Waals surface area (Å²) in [5.74, 6) is -0.569. The maximum atomic E-state index is 11.5. The van der Waals surface area contributed by atoms with Gasteiger partial charge in [-0.3, -0.25) is 9.59 Å². The monoisotopic (exact) mass is 492 g/mol. The van der Waals surface area contributed by atoms with Crippen LogP contribution in [-0.4, -0.2) is 30.6 Å². The molecule has 0 radical (unpaired) electrons. The molecular weight excluding hydrogens is 485 g/mol. The quantitative estimate of drug-likeness (QED) is 0.571. The van der Waals surface area contributed by atoms with Crippen molar-refractivity contribution in [2.45, 2.75) is 0 Å². The zero-order chi connectivity index (χ0) is 21.6. The first-order chi connectivity index (χ1) is 13.6. The number of carbonyl (C=O) groups excluding carboxylic acids is 2. The lowest BCUT2D eigenvalue weighted by Crippen LogP contribution is -2.11. The number of nitrogens with zero attached hydrogens (tertiary/aromatic N) is 2. The van der Waals surface area contributed by atoms with E-state index in [0.717, 1.165) is 0 Å². The number of halogens is 5. The fourth-order valence-corrected chi connectivity index (χ4v) is 3.91. The van der Waals surface area contributed by atoms with Gasteiger partial charge < -0.3 is 16.2 Å². The summed E-state index contributed by atoms with van der Waals surface area (Å²) in [5, 5.41) is 0.999. The summed E-state index contributed by atoms with van der Waals surface area (Å²) in [7, 11) is 1.37. The minimum absolute atomic E-state index is 0.0106. The highest BCUT2D eigenvalue weighted by Crippen LogP contribution is 2.45. The predicted octanol–water partition coefficient (Wildman–Crippen LogP) is 4.37. The lowest BCUT2D eigenvalue weighted by molar-refractivity contribution is 0.0998. The molecule has 0 saturated carbocycles. The summed E-state index contributed by atoms with van der Waals surface area (Å²) in [4.78, 5) is 29.8. The van der Waals surface area contributed by atoms with E-state index in [2.05, 4.69) is 9.98 Å². The maximum Gasteiger partial charge on any atom is 0.281 e. The van der Waals surface area contributed by atoms with Gasteiger partial charge in [-0.05, 0) is 12.1 Å². The van der Waals surface area contributed by atoms with Gasteiger partial charge in [-0.1, -0.05) is 58.0 Å². The normalized spacial score (nSPS) is 14.0. The van der Waals surface area contributed by atoms with Crippen LogP contribution in [0.4, 0.5) is 0 Å². The molecule has 7 nitrogen and oxygen atoms in total. The summed E-state index contributed by atoms with van der Waals surface area (Å²) in [5.41, 5.74) is 12.4. The van der Waals surface area contributed by atoms with E-state index in [4.69, 9.17) is 74.2 Å². The van der Waals surface area contributed by atoms with Crippen LogP contribution in [0.2, 0.25) is 25.1 Å². The van der Waals surface area contributed by atoms with Crippen molar-refractivity contribution in [3.05, 3.63) is 59.5 Å². The standard InChI is InChI=1S/C9H5Cl3N2O2.C8H4Cl2N2O/c1-16-7-5(11)3-2(4(10)6(7)12)8(13)14-9(3)15;9-5-1-3-4(2-6(5)10)8(13)12-7(3)11/h1H3,(H2,13,14,15);1-2H,(H2,11,12,13). The first-order valence-corrected chi connectivity index (χ1v) is 9.48. The SMILES string of the molecule is COc1c(Cl)c(Cl)c2c(c1Cl)C(=O)N=C2N.NC1=NC(=O)c2cc(Cl)c(Cl)cc21. The molecular formula is C17H9Cl5N4O3. The molecule has 0 saturated heterocycles. The molecule has 0 unspecified atom stereocenters. The fourth-order valence-electron chi connectivity index (χ4n) is 2.65. The van der Waals surface area contributed by atoms with E-state index in [-0.39, 0.29) is 49.5 Å². The third kappa shape index (κ3) is 3.65. The molecule has 0 aliphatic carbocycles. The van der Waals surface area contributed by atoms with Crippen molar-refractivity contribution in [3.8, 4) is 5.75 Å². The van der Waals surface area contributed by atoms with E-state index in [1.807, 2.05) is 0 Å². The average Bonchev–Trinajstić information content (AvgIpc) is 3.10. The zero-order valence-electron chi connectivity index (χ0n) is 14.3. The zero-order valence-corrected chi connectivity index (χ0v) is 18.1. The van der Waals surface area contributed by atoms with Crippen molar-refractivity contribution in [2.75, 3.05) is 7.11 Å². The average molecular weight is 495 g/mol. The van der Waals surface area contributed by atoms with Crippen molar-refractivity contribution < 1.29 is 14.3 Å². The van der Waals surface area contributed by atoms with Crippen LogP contribution in [0.25, 0.3) is 0 Å². The van der Waals surface area contributed by atoms with E-state index in [9.17, 15) is 9.59 Å². The van der Waals surface area contributed by atoms with E-state index < -0.39 is 5.91 Å². The summed E-state index contributed by atoms with van der Waals surface area (Å²) in [6.45, 7) is 0. The smallest absolute Gasteiger partial charge is 0.281 e.